The van der Waals surface area contributed by atoms with Crippen LogP contribution < -0.4 is 10.5 Å². The fraction of sp³-hybridized carbons (Fsp3) is 0.143. The highest BCUT2D eigenvalue weighted by atomic mass is 79.9. The smallest absolute Gasteiger partial charge is 0.242 e. The van der Waals surface area contributed by atoms with Crippen LogP contribution >= 0.6 is 15.9 Å². The molecule has 0 aliphatic carbocycles. The van der Waals surface area contributed by atoms with Crippen molar-refractivity contribution in [1.82, 2.24) is 4.72 Å². The van der Waals surface area contributed by atoms with Crippen molar-refractivity contribution in [3.63, 3.8) is 0 Å². The molecule has 0 spiro atoms. The average molecular weight is 355 g/mol. The van der Waals surface area contributed by atoms with Crippen molar-refractivity contribution in [3.05, 3.63) is 58.1 Å². The predicted molar refractivity (Wildman–Crippen MR) is 83.8 cm³/mol. The number of hydrogen-bond acceptors (Lipinski definition) is 3. The standard InChI is InChI=1S/C14H15BrN2O2S/c1-10-6-7-14(13(16)8-10)20(18,19)17-9-11-4-2-3-5-12(11)15/h2-8,17H,9,16H2,1H3. The van der Waals surface area contributed by atoms with Crippen molar-refractivity contribution in [2.45, 2.75) is 18.4 Å². The third-order valence-corrected chi connectivity index (χ3v) is 5.11. The molecule has 0 aliphatic rings. The molecule has 0 saturated carbocycles. The molecule has 4 nitrogen and oxygen atoms in total. The van der Waals surface area contributed by atoms with Gasteiger partial charge in [0.05, 0.1) is 5.69 Å². The molecule has 2 aromatic rings. The van der Waals surface area contributed by atoms with Crippen LogP contribution in [0.15, 0.2) is 51.8 Å². The second-order valence-corrected chi connectivity index (χ2v) is 7.05. The summed E-state index contributed by atoms with van der Waals surface area (Å²) in [5, 5.41) is 0. The van der Waals surface area contributed by atoms with Gasteiger partial charge in [-0.15, -0.1) is 0 Å². The molecule has 106 valence electrons. The Morgan fingerprint density at radius 1 is 1.20 bits per heavy atom. The number of anilines is 1. The highest BCUT2D eigenvalue weighted by Crippen LogP contribution is 2.21. The second kappa shape index (κ2) is 5.95. The predicted octanol–water partition coefficient (Wildman–Crippen LogP) is 2.82. The monoisotopic (exact) mass is 354 g/mol. The number of nitrogens with one attached hydrogen (secondary N) is 1. The topological polar surface area (TPSA) is 72.2 Å². The fourth-order valence-corrected chi connectivity index (χ4v) is 3.35. The summed E-state index contributed by atoms with van der Waals surface area (Å²) >= 11 is 3.38. The van der Waals surface area contributed by atoms with Gasteiger partial charge in [-0.25, -0.2) is 13.1 Å². The van der Waals surface area contributed by atoms with Gasteiger partial charge in [0, 0.05) is 11.0 Å². The first-order valence-corrected chi connectivity index (χ1v) is 8.27. The summed E-state index contributed by atoms with van der Waals surface area (Å²) in [7, 11) is -3.62. The van der Waals surface area contributed by atoms with E-state index in [9.17, 15) is 8.42 Å². The SMILES string of the molecule is Cc1ccc(S(=O)(=O)NCc2ccccc2Br)c(N)c1. The van der Waals surface area contributed by atoms with Crippen LogP contribution in [0.1, 0.15) is 11.1 Å². The van der Waals surface area contributed by atoms with E-state index in [-0.39, 0.29) is 17.1 Å². The molecule has 3 N–H and O–H groups in total. The number of nitrogen functional groups attached to an aromatic ring is 1. The van der Waals surface area contributed by atoms with Gasteiger partial charge in [-0.05, 0) is 36.2 Å². The molecule has 0 atom stereocenters. The van der Waals surface area contributed by atoms with Gasteiger partial charge in [0.2, 0.25) is 10.0 Å². The number of benzene rings is 2. The Balaban J connectivity index is 2.22. The number of aryl methyl sites for hydroxylation is 1. The Bertz CT molecular complexity index is 730. The molecule has 0 amide bonds. The molecule has 0 aliphatic heterocycles. The van der Waals surface area contributed by atoms with E-state index >= 15 is 0 Å². The molecule has 0 heterocycles. The van der Waals surface area contributed by atoms with Gasteiger partial charge < -0.3 is 5.73 Å². The zero-order chi connectivity index (χ0) is 14.8. The fourth-order valence-electron chi connectivity index (χ4n) is 1.80. The minimum Gasteiger partial charge on any atom is -0.398 e. The van der Waals surface area contributed by atoms with Crippen molar-refractivity contribution >= 4 is 31.6 Å². The van der Waals surface area contributed by atoms with E-state index in [2.05, 4.69) is 20.7 Å². The summed E-state index contributed by atoms with van der Waals surface area (Å²) in [6.45, 7) is 2.07. The van der Waals surface area contributed by atoms with Crippen LogP contribution in [0.3, 0.4) is 0 Å². The molecule has 2 rings (SSSR count). The molecular weight excluding hydrogens is 340 g/mol. The first kappa shape index (κ1) is 15.0. The maximum Gasteiger partial charge on any atom is 0.242 e. The lowest BCUT2D eigenvalue weighted by Gasteiger charge is -2.10. The lowest BCUT2D eigenvalue weighted by atomic mass is 10.2. The van der Waals surface area contributed by atoms with Crippen molar-refractivity contribution in [2.24, 2.45) is 0 Å². The van der Waals surface area contributed by atoms with E-state index in [0.29, 0.717) is 0 Å². The molecule has 0 aromatic heterocycles. The summed E-state index contributed by atoms with van der Waals surface area (Å²) in [6, 6.07) is 12.3. The van der Waals surface area contributed by atoms with Gasteiger partial charge in [-0.3, -0.25) is 0 Å². The zero-order valence-corrected chi connectivity index (χ0v) is 13.3. The number of hydrogen-bond donors (Lipinski definition) is 2. The van der Waals surface area contributed by atoms with E-state index in [1.165, 1.54) is 6.07 Å². The van der Waals surface area contributed by atoms with Gasteiger partial charge in [0.1, 0.15) is 4.90 Å². The summed E-state index contributed by atoms with van der Waals surface area (Å²) in [5.41, 5.74) is 7.82. The quantitative estimate of drug-likeness (QED) is 0.829. The highest BCUT2D eigenvalue weighted by Gasteiger charge is 2.17. The Labute approximate surface area is 127 Å². The second-order valence-electron chi connectivity index (χ2n) is 4.46. The van der Waals surface area contributed by atoms with Gasteiger partial charge in [-0.2, -0.15) is 0 Å². The zero-order valence-electron chi connectivity index (χ0n) is 10.9. The molecule has 0 bridgehead atoms. The molecule has 2 aromatic carbocycles. The number of halogens is 1. The molecule has 0 fully saturated rings. The molecular formula is C14H15BrN2O2S. The molecule has 0 radical (unpaired) electrons. The van der Waals surface area contributed by atoms with Gasteiger partial charge in [-0.1, -0.05) is 40.2 Å². The average Bonchev–Trinajstić information content (AvgIpc) is 2.37. The minimum absolute atomic E-state index is 0.107. The van der Waals surface area contributed by atoms with Crippen molar-refractivity contribution < 1.29 is 8.42 Å². The highest BCUT2D eigenvalue weighted by molar-refractivity contribution is 9.10. The number of rotatable bonds is 4. The van der Waals surface area contributed by atoms with Crippen molar-refractivity contribution in [1.29, 1.82) is 0 Å². The van der Waals surface area contributed by atoms with Crippen LogP contribution in [0, 0.1) is 6.92 Å². The molecule has 20 heavy (non-hydrogen) atoms. The summed E-state index contributed by atoms with van der Waals surface area (Å²) in [5.74, 6) is 0. The summed E-state index contributed by atoms with van der Waals surface area (Å²) in [4.78, 5) is 0.107. The van der Waals surface area contributed by atoms with Crippen LogP contribution in [0.5, 0.6) is 0 Å². The third kappa shape index (κ3) is 3.39. The lowest BCUT2D eigenvalue weighted by Crippen LogP contribution is -2.24. The third-order valence-electron chi connectivity index (χ3n) is 2.87. The minimum atomic E-state index is -3.62. The maximum absolute atomic E-state index is 12.2. The van der Waals surface area contributed by atoms with Crippen LogP contribution in [0.2, 0.25) is 0 Å². The van der Waals surface area contributed by atoms with Crippen LogP contribution in [0.4, 0.5) is 5.69 Å². The van der Waals surface area contributed by atoms with Crippen LogP contribution in [-0.4, -0.2) is 8.42 Å². The van der Waals surface area contributed by atoms with Gasteiger partial charge in [0.25, 0.3) is 0 Å². The van der Waals surface area contributed by atoms with Gasteiger partial charge >= 0.3 is 0 Å². The van der Waals surface area contributed by atoms with Crippen LogP contribution in [-0.2, 0) is 16.6 Å². The van der Waals surface area contributed by atoms with E-state index < -0.39 is 10.0 Å². The van der Waals surface area contributed by atoms with Crippen LogP contribution in [0.25, 0.3) is 0 Å². The summed E-state index contributed by atoms with van der Waals surface area (Å²) < 4.78 is 27.9. The van der Waals surface area contributed by atoms with Crippen molar-refractivity contribution in [2.75, 3.05) is 5.73 Å². The molecule has 6 heteroatoms. The Hall–Kier alpha value is -1.37. The maximum atomic E-state index is 12.2. The summed E-state index contributed by atoms with van der Waals surface area (Å²) in [6.07, 6.45) is 0. The largest absolute Gasteiger partial charge is 0.398 e. The Morgan fingerprint density at radius 2 is 1.90 bits per heavy atom. The first-order valence-electron chi connectivity index (χ1n) is 5.99. The van der Waals surface area contributed by atoms with E-state index in [1.807, 2.05) is 31.2 Å². The van der Waals surface area contributed by atoms with E-state index in [0.717, 1.165) is 15.6 Å². The van der Waals surface area contributed by atoms with Gasteiger partial charge in [0.15, 0.2) is 0 Å². The van der Waals surface area contributed by atoms with E-state index in [4.69, 9.17) is 5.73 Å². The Kier molecular flexibility index (Phi) is 4.47. The number of sulfonamides is 1. The van der Waals surface area contributed by atoms with E-state index in [1.54, 1.807) is 12.1 Å². The molecule has 0 saturated heterocycles. The normalized spacial score (nSPS) is 11.5. The lowest BCUT2D eigenvalue weighted by molar-refractivity contribution is 0.581. The van der Waals surface area contributed by atoms with Crippen molar-refractivity contribution in [3.8, 4) is 0 Å². The molecule has 0 unspecified atom stereocenters. The number of nitrogens with two attached hydrogens (primary N) is 1. The first-order chi connectivity index (χ1) is 9.40. The Morgan fingerprint density at radius 3 is 2.55 bits per heavy atom.